The molecular formula is C31H39N3O5S. The maximum absolute atomic E-state index is 14.2. The minimum Gasteiger partial charge on any atom is -0.495 e. The van der Waals surface area contributed by atoms with Gasteiger partial charge in [-0.2, -0.15) is 0 Å². The number of carbonyl (C=O) groups is 2. The summed E-state index contributed by atoms with van der Waals surface area (Å²) in [6.45, 7) is 8.97. The zero-order valence-electron chi connectivity index (χ0n) is 24.0. The third-order valence-corrected chi connectivity index (χ3v) is 8.24. The summed E-state index contributed by atoms with van der Waals surface area (Å²) >= 11 is 0. The highest BCUT2D eigenvalue weighted by atomic mass is 32.2. The van der Waals surface area contributed by atoms with E-state index in [0.717, 1.165) is 21.0 Å². The first-order valence-electron chi connectivity index (χ1n) is 13.4. The topological polar surface area (TPSA) is 96.0 Å². The van der Waals surface area contributed by atoms with Crippen molar-refractivity contribution < 1.29 is 22.7 Å². The molecule has 0 aliphatic heterocycles. The number of anilines is 1. The van der Waals surface area contributed by atoms with Crippen LogP contribution < -0.4 is 14.4 Å². The Labute approximate surface area is 238 Å². The molecule has 0 heterocycles. The fraction of sp³-hybridized carbons (Fsp3) is 0.355. The van der Waals surface area contributed by atoms with E-state index >= 15 is 0 Å². The normalized spacial score (nSPS) is 12.1. The first kappa shape index (κ1) is 30.7. The summed E-state index contributed by atoms with van der Waals surface area (Å²) in [4.78, 5) is 28.9. The molecule has 1 unspecified atom stereocenters. The number of hydrogen-bond donors (Lipinski definition) is 1. The third kappa shape index (κ3) is 7.41. The van der Waals surface area contributed by atoms with E-state index in [0.29, 0.717) is 12.2 Å². The number of carbonyl (C=O) groups excluding carboxylic acids is 2. The molecule has 3 aromatic rings. The van der Waals surface area contributed by atoms with Gasteiger partial charge < -0.3 is 15.0 Å². The van der Waals surface area contributed by atoms with Gasteiger partial charge in [0.15, 0.2) is 0 Å². The van der Waals surface area contributed by atoms with Gasteiger partial charge in [0, 0.05) is 12.6 Å². The van der Waals surface area contributed by atoms with E-state index in [4.69, 9.17) is 4.74 Å². The summed E-state index contributed by atoms with van der Waals surface area (Å²) in [5.41, 5.74) is 2.91. The largest absolute Gasteiger partial charge is 0.495 e. The van der Waals surface area contributed by atoms with Crippen molar-refractivity contribution in [3.63, 3.8) is 0 Å². The average molecular weight is 566 g/mol. The fourth-order valence-corrected chi connectivity index (χ4v) is 5.97. The summed E-state index contributed by atoms with van der Waals surface area (Å²) in [5.74, 6) is -0.479. The van der Waals surface area contributed by atoms with Crippen LogP contribution in [0.4, 0.5) is 5.69 Å². The number of nitrogens with one attached hydrogen (secondary N) is 1. The van der Waals surface area contributed by atoms with Crippen LogP contribution in [0.3, 0.4) is 0 Å². The Morgan fingerprint density at radius 3 is 2.20 bits per heavy atom. The first-order chi connectivity index (χ1) is 19.0. The van der Waals surface area contributed by atoms with Gasteiger partial charge in [-0.25, -0.2) is 8.42 Å². The zero-order valence-corrected chi connectivity index (χ0v) is 24.9. The number of sulfonamides is 1. The van der Waals surface area contributed by atoms with Crippen molar-refractivity contribution in [1.82, 2.24) is 10.2 Å². The predicted molar refractivity (Wildman–Crippen MR) is 158 cm³/mol. The molecule has 214 valence electrons. The van der Waals surface area contributed by atoms with Crippen molar-refractivity contribution in [1.29, 1.82) is 0 Å². The molecule has 40 heavy (non-hydrogen) atoms. The van der Waals surface area contributed by atoms with E-state index in [2.05, 4.69) is 5.32 Å². The average Bonchev–Trinajstić information content (AvgIpc) is 2.91. The van der Waals surface area contributed by atoms with Crippen LogP contribution in [0.25, 0.3) is 0 Å². The van der Waals surface area contributed by atoms with E-state index in [1.807, 2.05) is 65.0 Å². The molecule has 0 spiro atoms. The second-order valence-electron chi connectivity index (χ2n) is 10.1. The van der Waals surface area contributed by atoms with Crippen LogP contribution in [0.2, 0.25) is 0 Å². The molecule has 8 nitrogen and oxygen atoms in total. The van der Waals surface area contributed by atoms with E-state index in [-0.39, 0.29) is 29.1 Å². The molecule has 0 aliphatic rings. The quantitative estimate of drug-likeness (QED) is 0.339. The summed E-state index contributed by atoms with van der Waals surface area (Å²) in [6.07, 6.45) is 0.356. The van der Waals surface area contributed by atoms with Crippen molar-refractivity contribution in [2.75, 3.05) is 18.0 Å². The lowest BCUT2D eigenvalue weighted by Crippen LogP contribution is -2.53. The minimum atomic E-state index is -4.18. The monoisotopic (exact) mass is 565 g/mol. The van der Waals surface area contributed by atoms with Gasteiger partial charge in [-0.3, -0.25) is 13.9 Å². The number of aryl methyl sites for hydroxylation is 2. The molecule has 9 heteroatoms. The van der Waals surface area contributed by atoms with Crippen LogP contribution in [-0.4, -0.2) is 50.9 Å². The Hall–Kier alpha value is -3.85. The lowest BCUT2D eigenvalue weighted by molar-refractivity contribution is -0.140. The van der Waals surface area contributed by atoms with Crippen LogP contribution in [0, 0.1) is 13.8 Å². The summed E-state index contributed by atoms with van der Waals surface area (Å²) in [6, 6.07) is 19.9. The molecule has 0 aromatic heterocycles. The maximum Gasteiger partial charge on any atom is 0.264 e. The Bertz CT molecular complexity index is 1420. The van der Waals surface area contributed by atoms with Crippen LogP contribution in [0.5, 0.6) is 5.75 Å². The molecule has 0 radical (unpaired) electrons. The smallest absolute Gasteiger partial charge is 0.264 e. The maximum atomic E-state index is 14.2. The minimum absolute atomic E-state index is 0.0428. The van der Waals surface area contributed by atoms with Crippen molar-refractivity contribution in [3.05, 3.63) is 89.5 Å². The van der Waals surface area contributed by atoms with Crippen LogP contribution in [-0.2, 0) is 26.2 Å². The zero-order chi connectivity index (χ0) is 29.4. The SMILES string of the molecule is CCC(C(=O)NC(C)C)N(Cc1cccc(C)c1)C(=O)CN(c1cc(C)ccc1OC)S(=O)(=O)c1ccccc1. The molecule has 2 amide bonds. The first-order valence-corrected chi connectivity index (χ1v) is 14.8. The van der Waals surface area contributed by atoms with E-state index in [1.54, 1.807) is 30.3 Å². The number of methoxy groups -OCH3 is 1. The summed E-state index contributed by atoms with van der Waals surface area (Å²) in [7, 11) is -2.72. The Morgan fingerprint density at radius 2 is 1.60 bits per heavy atom. The van der Waals surface area contributed by atoms with Crippen molar-refractivity contribution in [2.24, 2.45) is 0 Å². The van der Waals surface area contributed by atoms with Gasteiger partial charge in [-0.05, 0) is 69.5 Å². The van der Waals surface area contributed by atoms with Crippen molar-refractivity contribution >= 4 is 27.5 Å². The van der Waals surface area contributed by atoms with Crippen LogP contribution >= 0.6 is 0 Å². The molecule has 0 saturated carbocycles. The lowest BCUT2D eigenvalue weighted by atomic mass is 10.1. The predicted octanol–water partition coefficient (Wildman–Crippen LogP) is 4.84. The van der Waals surface area contributed by atoms with Gasteiger partial charge in [-0.1, -0.05) is 61.0 Å². The highest BCUT2D eigenvalue weighted by molar-refractivity contribution is 7.92. The highest BCUT2D eigenvalue weighted by Crippen LogP contribution is 2.33. The molecule has 0 aliphatic carbocycles. The molecular weight excluding hydrogens is 526 g/mol. The Kier molecular flexibility index (Phi) is 10.3. The molecule has 1 atom stereocenters. The van der Waals surface area contributed by atoms with Gasteiger partial charge >= 0.3 is 0 Å². The summed E-state index contributed by atoms with van der Waals surface area (Å²) in [5, 5.41) is 2.91. The number of amides is 2. The van der Waals surface area contributed by atoms with Crippen LogP contribution in [0.1, 0.15) is 43.9 Å². The number of hydrogen-bond acceptors (Lipinski definition) is 5. The summed E-state index contributed by atoms with van der Waals surface area (Å²) < 4.78 is 34.6. The number of rotatable bonds is 12. The Morgan fingerprint density at radius 1 is 0.925 bits per heavy atom. The van der Waals surface area contributed by atoms with Crippen molar-refractivity contribution in [2.45, 2.75) is 64.6 Å². The molecule has 0 saturated heterocycles. The van der Waals surface area contributed by atoms with Crippen LogP contribution in [0.15, 0.2) is 77.7 Å². The van der Waals surface area contributed by atoms with E-state index in [1.165, 1.54) is 24.1 Å². The fourth-order valence-electron chi connectivity index (χ4n) is 4.54. The molecule has 1 N–H and O–H groups in total. The van der Waals surface area contributed by atoms with Gasteiger partial charge in [0.2, 0.25) is 11.8 Å². The van der Waals surface area contributed by atoms with Crippen molar-refractivity contribution in [3.8, 4) is 5.75 Å². The number of ether oxygens (including phenoxy) is 1. The second-order valence-corrected chi connectivity index (χ2v) is 12.0. The lowest BCUT2D eigenvalue weighted by Gasteiger charge is -2.34. The van der Waals surface area contributed by atoms with Gasteiger partial charge in [0.1, 0.15) is 18.3 Å². The molecule has 0 fully saturated rings. The number of benzene rings is 3. The number of nitrogens with zero attached hydrogens (tertiary/aromatic N) is 2. The van der Waals surface area contributed by atoms with E-state index in [9.17, 15) is 18.0 Å². The third-order valence-electron chi connectivity index (χ3n) is 6.47. The highest BCUT2D eigenvalue weighted by Gasteiger charge is 2.35. The standard InChI is InChI=1S/C31H39N3O5S/c1-7-27(31(36)32-22(2)3)33(20-25-13-11-12-23(4)18-25)30(35)21-34(28-19-24(5)16-17-29(28)39-6)40(37,38)26-14-9-8-10-15-26/h8-19,22,27H,7,20-21H2,1-6H3,(H,32,36). The second kappa shape index (κ2) is 13.5. The van der Waals surface area contributed by atoms with Gasteiger partial charge in [-0.15, -0.1) is 0 Å². The molecule has 0 bridgehead atoms. The molecule has 3 rings (SSSR count). The van der Waals surface area contributed by atoms with E-state index < -0.39 is 28.5 Å². The van der Waals surface area contributed by atoms with Gasteiger partial charge in [0.05, 0.1) is 17.7 Å². The Balaban J connectivity index is 2.12. The molecule has 3 aromatic carbocycles. The van der Waals surface area contributed by atoms with Gasteiger partial charge in [0.25, 0.3) is 10.0 Å².